The van der Waals surface area contributed by atoms with Gasteiger partial charge in [-0.2, -0.15) is 11.8 Å². The van der Waals surface area contributed by atoms with Gasteiger partial charge < -0.3 is 5.32 Å². The molecule has 98 valence electrons. The highest BCUT2D eigenvalue weighted by Gasteiger charge is 2.12. The standard InChI is InChI=1S/C12H24N4S/c1-5-10(3)17-9-12(13-6-2)7-11-8-16(4)15-14-11/h8,10,12-13H,5-7,9H2,1-4H3. The normalized spacial score (nSPS) is 14.8. The van der Waals surface area contributed by atoms with Gasteiger partial charge in [0.05, 0.1) is 5.69 Å². The molecule has 0 aliphatic rings. The lowest BCUT2D eigenvalue weighted by Crippen LogP contribution is -2.33. The van der Waals surface area contributed by atoms with E-state index >= 15 is 0 Å². The van der Waals surface area contributed by atoms with Gasteiger partial charge in [-0.25, -0.2) is 0 Å². The average molecular weight is 256 g/mol. The monoisotopic (exact) mass is 256 g/mol. The summed E-state index contributed by atoms with van der Waals surface area (Å²) in [7, 11) is 1.91. The number of nitrogens with one attached hydrogen (secondary N) is 1. The van der Waals surface area contributed by atoms with Gasteiger partial charge in [-0.15, -0.1) is 5.10 Å². The van der Waals surface area contributed by atoms with Crippen LogP contribution < -0.4 is 5.32 Å². The fourth-order valence-electron chi connectivity index (χ4n) is 1.62. The highest BCUT2D eigenvalue weighted by Crippen LogP contribution is 2.16. The third-order valence-corrected chi connectivity index (χ3v) is 4.25. The Balaban J connectivity index is 2.42. The molecule has 0 amide bonds. The molecule has 4 nitrogen and oxygen atoms in total. The van der Waals surface area contributed by atoms with Crippen molar-refractivity contribution >= 4 is 11.8 Å². The van der Waals surface area contributed by atoms with Crippen LogP contribution in [0.3, 0.4) is 0 Å². The molecule has 0 aromatic carbocycles. The number of hydrogen-bond acceptors (Lipinski definition) is 4. The summed E-state index contributed by atoms with van der Waals surface area (Å²) in [6.07, 6.45) is 4.19. The summed E-state index contributed by atoms with van der Waals surface area (Å²) < 4.78 is 1.76. The van der Waals surface area contributed by atoms with E-state index < -0.39 is 0 Å². The van der Waals surface area contributed by atoms with Crippen LogP contribution in [0.25, 0.3) is 0 Å². The maximum atomic E-state index is 4.15. The van der Waals surface area contributed by atoms with E-state index in [-0.39, 0.29) is 0 Å². The smallest absolute Gasteiger partial charge is 0.0842 e. The van der Waals surface area contributed by atoms with Gasteiger partial charge in [0, 0.05) is 36.7 Å². The van der Waals surface area contributed by atoms with Gasteiger partial charge in [0.25, 0.3) is 0 Å². The minimum atomic E-state index is 0.496. The van der Waals surface area contributed by atoms with Crippen LogP contribution in [0.5, 0.6) is 0 Å². The Kier molecular flexibility index (Phi) is 6.58. The fourth-order valence-corrected chi connectivity index (χ4v) is 2.65. The van der Waals surface area contributed by atoms with E-state index in [2.05, 4.69) is 36.4 Å². The second kappa shape index (κ2) is 7.71. The molecule has 1 aromatic heterocycles. The third-order valence-electron chi connectivity index (χ3n) is 2.76. The number of thioether (sulfide) groups is 1. The number of aromatic nitrogens is 3. The van der Waals surface area contributed by atoms with Crippen molar-refractivity contribution in [2.24, 2.45) is 7.05 Å². The maximum Gasteiger partial charge on any atom is 0.0842 e. The summed E-state index contributed by atoms with van der Waals surface area (Å²) in [5.41, 5.74) is 1.07. The molecule has 0 radical (unpaired) electrons. The number of likely N-dealkylation sites (N-methyl/N-ethyl adjacent to an activating group) is 1. The molecule has 1 N–H and O–H groups in total. The zero-order valence-electron chi connectivity index (χ0n) is 11.3. The maximum absolute atomic E-state index is 4.15. The number of rotatable bonds is 8. The topological polar surface area (TPSA) is 42.7 Å². The van der Waals surface area contributed by atoms with Gasteiger partial charge in [-0.05, 0) is 13.0 Å². The van der Waals surface area contributed by atoms with Gasteiger partial charge in [0.2, 0.25) is 0 Å². The van der Waals surface area contributed by atoms with E-state index in [0.717, 1.165) is 29.7 Å². The van der Waals surface area contributed by atoms with Crippen molar-refractivity contribution < 1.29 is 0 Å². The fraction of sp³-hybridized carbons (Fsp3) is 0.833. The van der Waals surface area contributed by atoms with Crippen LogP contribution in [0.15, 0.2) is 6.20 Å². The zero-order chi connectivity index (χ0) is 12.7. The summed E-state index contributed by atoms with van der Waals surface area (Å²) in [5, 5.41) is 12.4. The highest BCUT2D eigenvalue weighted by atomic mass is 32.2. The van der Waals surface area contributed by atoms with E-state index in [0.29, 0.717) is 6.04 Å². The highest BCUT2D eigenvalue weighted by molar-refractivity contribution is 7.99. The molecule has 2 atom stereocenters. The quantitative estimate of drug-likeness (QED) is 0.771. The predicted octanol–water partition coefficient (Wildman–Crippen LogP) is 1.87. The van der Waals surface area contributed by atoms with Crippen LogP contribution in [-0.4, -0.2) is 38.6 Å². The lowest BCUT2D eigenvalue weighted by Gasteiger charge is -2.18. The third kappa shape index (κ3) is 5.55. The Bertz CT molecular complexity index is 313. The molecule has 1 aromatic rings. The Labute approximate surface area is 109 Å². The molecule has 1 rings (SSSR count). The summed E-state index contributed by atoms with van der Waals surface area (Å²) in [4.78, 5) is 0. The first-order valence-corrected chi connectivity index (χ1v) is 7.40. The molecule has 1 heterocycles. The summed E-state index contributed by atoms with van der Waals surface area (Å²) in [6, 6.07) is 0.496. The zero-order valence-corrected chi connectivity index (χ0v) is 12.1. The Morgan fingerprint density at radius 1 is 1.47 bits per heavy atom. The molecule has 2 unspecified atom stereocenters. The van der Waals surface area contributed by atoms with Crippen molar-refractivity contribution in [3.8, 4) is 0 Å². The van der Waals surface area contributed by atoms with E-state index in [1.807, 2.05) is 25.0 Å². The molecule has 0 bridgehead atoms. The molecule has 17 heavy (non-hydrogen) atoms. The lowest BCUT2D eigenvalue weighted by atomic mass is 10.2. The minimum Gasteiger partial charge on any atom is -0.313 e. The Morgan fingerprint density at radius 2 is 2.24 bits per heavy atom. The van der Waals surface area contributed by atoms with Crippen LogP contribution in [0.4, 0.5) is 0 Å². The van der Waals surface area contributed by atoms with Gasteiger partial charge in [0.1, 0.15) is 0 Å². The van der Waals surface area contributed by atoms with E-state index in [1.54, 1.807) is 4.68 Å². The Morgan fingerprint density at radius 3 is 2.76 bits per heavy atom. The van der Waals surface area contributed by atoms with Crippen molar-refractivity contribution in [2.45, 2.75) is 44.9 Å². The Hall–Kier alpha value is -0.550. The average Bonchev–Trinajstić information content (AvgIpc) is 2.71. The first-order chi connectivity index (χ1) is 8.15. The molecular weight excluding hydrogens is 232 g/mol. The van der Waals surface area contributed by atoms with E-state index in [9.17, 15) is 0 Å². The van der Waals surface area contributed by atoms with E-state index in [4.69, 9.17) is 0 Å². The molecule has 0 aliphatic heterocycles. The van der Waals surface area contributed by atoms with Gasteiger partial charge in [-0.3, -0.25) is 4.68 Å². The van der Waals surface area contributed by atoms with Crippen LogP contribution in [-0.2, 0) is 13.5 Å². The molecule has 0 saturated heterocycles. The second-order valence-electron chi connectivity index (χ2n) is 4.39. The number of hydrogen-bond donors (Lipinski definition) is 1. The molecule has 0 aliphatic carbocycles. The SMILES string of the molecule is CCNC(CSC(C)CC)Cc1cn(C)nn1. The van der Waals surface area contributed by atoms with Gasteiger partial charge >= 0.3 is 0 Å². The van der Waals surface area contributed by atoms with Crippen LogP contribution in [0, 0.1) is 0 Å². The minimum absolute atomic E-state index is 0.496. The number of aryl methyl sites for hydroxylation is 1. The summed E-state index contributed by atoms with van der Waals surface area (Å²) >= 11 is 2.03. The van der Waals surface area contributed by atoms with Crippen LogP contribution >= 0.6 is 11.8 Å². The van der Waals surface area contributed by atoms with Crippen molar-refractivity contribution in [3.05, 3.63) is 11.9 Å². The first kappa shape index (κ1) is 14.5. The first-order valence-electron chi connectivity index (χ1n) is 6.35. The molecular formula is C12H24N4S. The number of nitrogens with zero attached hydrogens (tertiary/aromatic N) is 3. The molecule has 0 spiro atoms. The summed E-state index contributed by atoms with van der Waals surface area (Å²) in [5.74, 6) is 1.14. The van der Waals surface area contributed by atoms with Gasteiger partial charge in [0.15, 0.2) is 0 Å². The van der Waals surface area contributed by atoms with Crippen molar-refractivity contribution in [1.29, 1.82) is 0 Å². The van der Waals surface area contributed by atoms with Crippen LogP contribution in [0.1, 0.15) is 32.9 Å². The second-order valence-corrected chi connectivity index (χ2v) is 5.87. The molecule has 5 heteroatoms. The predicted molar refractivity (Wildman–Crippen MR) is 74.4 cm³/mol. The van der Waals surface area contributed by atoms with E-state index in [1.165, 1.54) is 6.42 Å². The van der Waals surface area contributed by atoms with Crippen molar-refractivity contribution in [1.82, 2.24) is 20.3 Å². The lowest BCUT2D eigenvalue weighted by molar-refractivity contribution is 0.565. The van der Waals surface area contributed by atoms with Crippen molar-refractivity contribution in [3.63, 3.8) is 0 Å². The molecule has 0 saturated carbocycles. The van der Waals surface area contributed by atoms with Crippen LogP contribution in [0.2, 0.25) is 0 Å². The van der Waals surface area contributed by atoms with Crippen molar-refractivity contribution in [2.75, 3.05) is 12.3 Å². The van der Waals surface area contributed by atoms with Gasteiger partial charge in [-0.1, -0.05) is 26.0 Å². The molecule has 0 fully saturated rings. The largest absolute Gasteiger partial charge is 0.313 e. The summed E-state index contributed by atoms with van der Waals surface area (Å²) in [6.45, 7) is 7.68.